The predicted octanol–water partition coefficient (Wildman–Crippen LogP) is 2.13. The van der Waals surface area contributed by atoms with Gasteiger partial charge in [-0.05, 0) is 42.2 Å². The van der Waals surface area contributed by atoms with E-state index in [-0.39, 0.29) is 12.0 Å². The van der Waals surface area contributed by atoms with E-state index in [0.717, 1.165) is 22.2 Å². The summed E-state index contributed by atoms with van der Waals surface area (Å²) >= 11 is 0. The second-order valence-electron chi connectivity index (χ2n) is 8.58. The molecule has 1 aliphatic heterocycles. The molecule has 3 aromatic rings. The number of aryl methyl sites for hydroxylation is 1. The molecule has 0 aliphatic carbocycles. The summed E-state index contributed by atoms with van der Waals surface area (Å²) in [5.74, 6) is -0.693. The zero-order valence-corrected chi connectivity index (χ0v) is 20.0. The highest BCUT2D eigenvalue weighted by molar-refractivity contribution is 5.82. The summed E-state index contributed by atoms with van der Waals surface area (Å²) in [7, 11) is 1.67. The van der Waals surface area contributed by atoms with Gasteiger partial charge in [0.15, 0.2) is 5.58 Å². The van der Waals surface area contributed by atoms with Crippen molar-refractivity contribution in [3.63, 3.8) is 0 Å². The van der Waals surface area contributed by atoms with Crippen LogP contribution in [0.1, 0.15) is 18.9 Å². The fourth-order valence-corrected chi connectivity index (χ4v) is 4.19. The molecular formula is C26H30N4O5. The Morgan fingerprint density at radius 1 is 1.26 bits per heavy atom. The van der Waals surface area contributed by atoms with Gasteiger partial charge in [0.05, 0.1) is 24.3 Å². The number of carbonyl (C=O) groups is 1. The number of carbonyl (C=O) groups excluding carboxylic acids is 1. The fraction of sp³-hybridized carbons (Fsp3) is 0.423. The van der Waals surface area contributed by atoms with E-state index in [1.165, 1.54) is 4.57 Å². The normalized spacial score (nSPS) is 19.5. The van der Waals surface area contributed by atoms with E-state index in [4.69, 9.17) is 13.9 Å². The molecule has 3 atom stereocenters. The Balaban J connectivity index is 1.36. The molecule has 1 amide bonds. The van der Waals surface area contributed by atoms with Crippen molar-refractivity contribution < 1.29 is 18.7 Å². The molecule has 35 heavy (non-hydrogen) atoms. The molecule has 1 saturated heterocycles. The van der Waals surface area contributed by atoms with Crippen LogP contribution in [0.5, 0.6) is 0 Å². The number of nitrogens with one attached hydrogen (secondary N) is 2. The third-order valence-corrected chi connectivity index (χ3v) is 6.15. The number of amides is 1. The van der Waals surface area contributed by atoms with Crippen LogP contribution < -0.4 is 16.4 Å². The summed E-state index contributed by atoms with van der Waals surface area (Å²) in [6, 6.07) is 14.9. The smallest absolute Gasteiger partial charge is 0.408 e. The van der Waals surface area contributed by atoms with Crippen molar-refractivity contribution in [2.75, 3.05) is 26.3 Å². The minimum atomic E-state index is -0.671. The van der Waals surface area contributed by atoms with Crippen LogP contribution >= 0.6 is 0 Å². The van der Waals surface area contributed by atoms with Crippen LogP contribution in [0.2, 0.25) is 0 Å². The Morgan fingerprint density at radius 2 is 2.03 bits per heavy atom. The van der Waals surface area contributed by atoms with E-state index in [0.29, 0.717) is 44.7 Å². The largest absolute Gasteiger partial charge is 0.419 e. The van der Waals surface area contributed by atoms with E-state index in [1.807, 2.05) is 43.3 Å². The molecular weight excluding hydrogens is 448 g/mol. The van der Waals surface area contributed by atoms with Gasteiger partial charge in [0.2, 0.25) is 0 Å². The summed E-state index contributed by atoms with van der Waals surface area (Å²) in [6.07, 6.45) is 0.518. The third kappa shape index (κ3) is 5.98. The van der Waals surface area contributed by atoms with Gasteiger partial charge in [0, 0.05) is 33.2 Å². The maximum atomic E-state index is 12.7. The number of hydrogen-bond acceptors (Lipinski definition) is 7. The minimum absolute atomic E-state index is 0.0763. The standard InChI is InChI=1S/C26H30N4O5/c1-3-33-21-10-11-34-24(16-28-15-21)25(31)29-20(14-27)12-17-4-6-18(7-5-17)19-8-9-23-22(13-19)30(2)26(32)35-23/h4-9,13,20-21,24,28H,3,10-12,15-16H2,1-2H3,(H,29,31)/t20-,21?,24?/m0/s1. The molecule has 1 aliphatic rings. The van der Waals surface area contributed by atoms with Gasteiger partial charge >= 0.3 is 5.76 Å². The maximum Gasteiger partial charge on any atom is 0.419 e. The topological polar surface area (TPSA) is 119 Å². The first kappa shape index (κ1) is 24.7. The van der Waals surface area contributed by atoms with Crippen molar-refractivity contribution in [3.8, 4) is 17.2 Å². The zero-order chi connectivity index (χ0) is 24.8. The highest BCUT2D eigenvalue weighted by Crippen LogP contribution is 2.24. The molecule has 2 heterocycles. The molecule has 9 nitrogen and oxygen atoms in total. The van der Waals surface area contributed by atoms with Gasteiger partial charge in [-0.15, -0.1) is 0 Å². The summed E-state index contributed by atoms with van der Waals surface area (Å²) in [4.78, 5) is 24.4. The van der Waals surface area contributed by atoms with Crippen LogP contribution in [0.15, 0.2) is 51.7 Å². The number of nitriles is 1. The summed E-state index contributed by atoms with van der Waals surface area (Å²) in [6.45, 7) is 4.06. The van der Waals surface area contributed by atoms with Crippen LogP contribution in [0, 0.1) is 11.3 Å². The van der Waals surface area contributed by atoms with Crippen LogP contribution in [-0.2, 0) is 27.7 Å². The average Bonchev–Trinajstić information content (AvgIpc) is 3.13. The van der Waals surface area contributed by atoms with Gasteiger partial charge in [-0.3, -0.25) is 9.36 Å². The Bertz CT molecular complexity index is 1250. The monoisotopic (exact) mass is 478 g/mol. The van der Waals surface area contributed by atoms with Gasteiger partial charge in [0.25, 0.3) is 5.91 Å². The fourth-order valence-electron chi connectivity index (χ4n) is 4.19. The molecule has 2 N–H and O–H groups in total. The number of rotatable bonds is 7. The first-order valence-corrected chi connectivity index (χ1v) is 11.8. The first-order valence-electron chi connectivity index (χ1n) is 11.8. The van der Waals surface area contributed by atoms with Gasteiger partial charge in [0.1, 0.15) is 12.1 Å². The summed E-state index contributed by atoms with van der Waals surface area (Å²) in [5, 5.41) is 15.6. The second-order valence-corrected chi connectivity index (χ2v) is 8.58. The lowest BCUT2D eigenvalue weighted by molar-refractivity contribution is -0.134. The third-order valence-electron chi connectivity index (χ3n) is 6.15. The number of nitrogens with zero attached hydrogens (tertiary/aromatic N) is 2. The number of hydrogen-bond donors (Lipinski definition) is 2. The zero-order valence-electron chi connectivity index (χ0n) is 20.0. The van der Waals surface area contributed by atoms with E-state index in [9.17, 15) is 14.9 Å². The van der Waals surface area contributed by atoms with Crippen molar-refractivity contribution in [1.29, 1.82) is 5.26 Å². The summed E-state index contributed by atoms with van der Waals surface area (Å²) in [5.41, 5.74) is 4.12. The average molecular weight is 479 g/mol. The molecule has 4 rings (SSSR count). The molecule has 9 heteroatoms. The van der Waals surface area contributed by atoms with E-state index >= 15 is 0 Å². The number of aromatic nitrogens is 1. The lowest BCUT2D eigenvalue weighted by Crippen LogP contribution is -2.49. The van der Waals surface area contributed by atoms with Crippen molar-refractivity contribution in [3.05, 3.63) is 58.6 Å². The summed E-state index contributed by atoms with van der Waals surface area (Å²) < 4.78 is 18.0. The molecule has 2 aromatic carbocycles. The van der Waals surface area contributed by atoms with Crippen molar-refractivity contribution in [2.24, 2.45) is 7.05 Å². The first-order chi connectivity index (χ1) is 17.0. The SMILES string of the molecule is CCOC1CCOC(C(=O)N[C@H](C#N)Cc2ccc(-c3ccc4oc(=O)n(C)c4c3)cc2)CNC1. The van der Waals surface area contributed by atoms with Crippen LogP contribution in [-0.4, -0.2) is 55.0 Å². The van der Waals surface area contributed by atoms with Crippen molar-refractivity contribution in [2.45, 2.75) is 38.0 Å². The molecule has 0 bridgehead atoms. The van der Waals surface area contributed by atoms with Crippen LogP contribution in [0.3, 0.4) is 0 Å². The maximum absolute atomic E-state index is 12.7. The Labute approximate surface area is 203 Å². The molecule has 184 valence electrons. The van der Waals surface area contributed by atoms with Gasteiger partial charge < -0.3 is 24.5 Å². The number of oxazole rings is 1. The van der Waals surface area contributed by atoms with Gasteiger partial charge in [-0.25, -0.2) is 4.79 Å². The Morgan fingerprint density at radius 3 is 2.77 bits per heavy atom. The number of fused-ring (bicyclic) bond motifs is 1. The minimum Gasteiger partial charge on any atom is -0.408 e. The number of ether oxygens (including phenoxy) is 2. The highest BCUT2D eigenvalue weighted by atomic mass is 16.5. The lowest BCUT2D eigenvalue weighted by atomic mass is 10.0. The van der Waals surface area contributed by atoms with Gasteiger partial charge in [-0.2, -0.15) is 5.26 Å². The molecule has 1 fully saturated rings. The van der Waals surface area contributed by atoms with E-state index in [2.05, 4.69) is 16.7 Å². The second kappa shape index (κ2) is 11.3. The molecule has 0 spiro atoms. The number of benzene rings is 2. The van der Waals surface area contributed by atoms with Gasteiger partial charge in [-0.1, -0.05) is 30.3 Å². The highest BCUT2D eigenvalue weighted by Gasteiger charge is 2.25. The quantitative estimate of drug-likeness (QED) is 0.534. The van der Waals surface area contributed by atoms with Crippen LogP contribution in [0.4, 0.5) is 0 Å². The molecule has 2 unspecified atom stereocenters. The van der Waals surface area contributed by atoms with Crippen molar-refractivity contribution >= 4 is 17.0 Å². The molecule has 1 aromatic heterocycles. The van der Waals surface area contributed by atoms with Crippen molar-refractivity contribution in [1.82, 2.24) is 15.2 Å². The predicted molar refractivity (Wildman–Crippen MR) is 131 cm³/mol. The molecule has 0 saturated carbocycles. The van der Waals surface area contributed by atoms with E-state index in [1.54, 1.807) is 13.1 Å². The van der Waals surface area contributed by atoms with Crippen LogP contribution in [0.25, 0.3) is 22.2 Å². The Kier molecular flexibility index (Phi) is 7.98. The Hall–Kier alpha value is -3.45. The van der Waals surface area contributed by atoms with E-state index < -0.39 is 17.9 Å². The molecule has 0 radical (unpaired) electrons. The lowest BCUT2D eigenvalue weighted by Gasteiger charge is -2.26.